The maximum atomic E-state index is 13.0. The molecule has 5 rings (SSSR count). The maximum absolute atomic E-state index is 13.0. The Balaban J connectivity index is 1.47. The normalized spacial score (nSPS) is 22.5. The number of rotatable bonds is 2. The van der Waals surface area contributed by atoms with Gasteiger partial charge in [-0.3, -0.25) is 4.79 Å². The number of hydrogen-bond acceptors (Lipinski definition) is 5. The van der Waals surface area contributed by atoms with Gasteiger partial charge in [-0.15, -0.1) is 15.7 Å². The van der Waals surface area contributed by atoms with Gasteiger partial charge in [-0.1, -0.05) is 6.07 Å². The topological polar surface area (TPSA) is 101 Å². The Bertz CT molecular complexity index is 1060. The van der Waals surface area contributed by atoms with Crippen molar-refractivity contribution in [1.82, 2.24) is 9.71 Å². The van der Waals surface area contributed by atoms with Crippen LogP contribution in [0.2, 0.25) is 0 Å². The van der Waals surface area contributed by atoms with E-state index >= 15 is 0 Å². The quantitative estimate of drug-likeness (QED) is 0.826. The van der Waals surface area contributed by atoms with Crippen molar-refractivity contribution in [3.05, 3.63) is 39.5 Å². The summed E-state index contributed by atoms with van der Waals surface area (Å²) in [5, 5.41) is 2.92. The third-order valence-corrected chi connectivity index (χ3v) is 8.31. The third kappa shape index (κ3) is 2.30. The summed E-state index contributed by atoms with van der Waals surface area (Å²) in [6, 6.07) is 1.69. The van der Waals surface area contributed by atoms with E-state index < -0.39 is 21.9 Å². The SMILES string of the molecule is O=C(Nc1c2c(cc3c1CCC3)CCC2)NS1(=O)=NC(=O)c2ncsc21. The van der Waals surface area contributed by atoms with Crippen LogP contribution in [0.1, 0.15) is 45.6 Å². The van der Waals surface area contributed by atoms with Crippen LogP contribution < -0.4 is 10.0 Å². The second-order valence-electron chi connectivity index (χ2n) is 6.70. The predicted octanol–water partition coefficient (Wildman–Crippen LogP) is 2.84. The van der Waals surface area contributed by atoms with Gasteiger partial charge in [0.25, 0.3) is 0 Å². The number of fused-ring (bicyclic) bond motifs is 3. The molecular weight excluding hydrogens is 372 g/mol. The number of carbonyl (C=O) groups is 2. The molecule has 134 valence electrons. The molecule has 1 aromatic heterocycles. The first kappa shape index (κ1) is 16.0. The molecule has 1 aromatic carbocycles. The van der Waals surface area contributed by atoms with Crippen molar-refractivity contribution in [2.24, 2.45) is 4.36 Å². The highest BCUT2D eigenvalue weighted by Gasteiger charge is 2.34. The van der Waals surface area contributed by atoms with Crippen LogP contribution in [0.3, 0.4) is 0 Å². The molecule has 2 aliphatic carbocycles. The molecule has 2 aromatic rings. The smallest absolute Gasteiger partial charge is 0.307 e. The van der Waals surface area contributed by atoms with E-state index in [1.807, 2.05) is 0 Å². The van der Waals surface area contributed by atoms with E-state index in [1.165, 1.54) is 27.8 Å². The fraction of sp³-hybridized carbons (Fsp3) is 0.353. The number of urea groups is 1. The van der Waals surface area contributed by atoms with Crippen LogP contribution in [0.4, 0.5) is 10.5 Å². The van der Waals surface area contributed by atoms with E-state index in [4.69, 9.17) is 0 Å². The van der Waals surface area contributed by atoms with Gasteiger partial charge >= 0.3 is 11.9 Å². The molecule has 3 aliphatic rings. The van der Waals surface area contributed by atoms with Gasteiger partial charge in [0.2, 0.25) is 0 Å². The van der Waals surface area contributed by atoms with Crippen LogP contribution >= 0.6 is 11.3 Å². The molecule has 0 saturated heterocycles. The van der Waals surface area contributed by atoms with Crippen molar-refractivity contribution < 1.29 is 13.8 Å². The monoisotopic (exact) mass is 388 g/mol. The lowest BCUT2D eigenvalue weighted by Gasteiger charge is -2.16. The van der Waals surface area contributed by atoms with E-state index in [0.29, 0.717) is 0 Å². The Labute approximate surface area is 154 Å². The molecule has 0 bridgehead atoms. The van der Waals surface area contributed by atoms with Crippen molar-refractivity contribution >= 4 is 38.9 Å². The molecule has 1 unspecified atom stereocenters. The summed E-state index contributed by atoms with van der Waals surface area (Å²) >= 11 is 1.07. The van der Waals surface area contributed by atoms with Gasteiger partial charge < -0.3 is 5.32 Å². The minimum Gasteiger partial charge on any atom is -0.307 e. The van der Waals surface area contributed by atoms with Crippen molar-refractivity contribution in [2.75, 3.05) is 5.32 Å². The minimum atomic E-state index is -3.30. The summed E-state index contributed by atoms with van der Waals surface area (Å²) in [7, 11) is -3.30. The Kier molecular flexibility index (Phi) is 3.45. The molecule has 26 heavy (non-hydrogen) atoms. The van der Waals surface area contributed by atoms with Crippen LogP contribution in [-0.2, 0) is 35.6 Å². The third-order valence-electron chi connectivity index (χ3n) is 5.14. The van der Waals surface area contributed by atoms with Crippen molar-refractivity contribution in [3.63, 3.8) is 0 Å². The van der Waals surface area contributed by atoms with E-state index in [-0.39, 0.29) is 9.90 Å². The lowest BCUT2D eigenvalue weighted by atomic mass is 9.99. The van der Waals surface area contributed by atoms with E-state index in [2.05, 4.69) is 25.5 Å². The van der Waals surface area contributed by atoms with Crippen LogP contribution in [0.15, 0.2) is 20.1 Å². The number of benzene rings is 1. The number of aryl methyl sites for hydroxylation is 2. The molecule has 3 amide bonds. The highest BCUT2D eigenvalue weighted by molar-refractivity contribution is 7.95. The lowest BCUT2D eigenvalue weighted by molar-refractivity contribution is 0.100. The molecule has 2 heterocycles. The summed E-state index contributed by atoms with van der Waals surface area (Å²) < 4.78 is 19.2. The molecule has 0 spiro atoms. The molecular formula is C17H16N4O3S2. The summed E-state index contributed by atoms with van der Waals surface area (Å²) in [6.07, 6.45) is 6.11. The Morgan fingerprint density at radius 2 is 1.81 bits per heavy atom. The van der Waals surface area contributed by atoms with E-state index in [1.54, 1.807) is 0 Å². The number of thiazole rings is 1. The Morgan fingerprint density at radius 1 is 1.12 bits per heavy atom. The van der Waals surface area contributed by atoms with Crippen LogP contribution in [0.5, 0.6) is 0 Å². The first-order valence-electron chi connectivity index (χ1n) is 8.55. The lowest BCUT2D eigenvalue weighted by Crippen LogP contribution is -2.34. The predicted molar refractivity (Wildman–Crippen MR) is 97.9 cm³/mol. The highest BCUT2D eigenvalue weighted by Crippen LogP contribution is 2.38. The number of nitrogens with zero attached hydrogens (tertiary/aromatic N) is 2. The van der Waals surface area contributed by atoms with Crippen molar-refractivity contribution in [1.29, 1.82) is 0 Å². The number of carbonyl (C=O) groups excluding carboxylic acids is 2. The van der Waals surface area contributed by atoms with Gasteiger partial charge in [-0.25, -0.2) is 18.7 Å². The Morgan fingerprint density at radius 3 is 2.50 bits per heavy atom. The van der Waals surface area contributed by atoms with Crippen LogP contribution in [0.25, 0.3) is 0 Å². The fourth-order valence-corrected chi connectivity index (χ4v) is 6.72. The molecule has 1 aliphatic heterocycles. The first-order chi connectivity index (χ1) is 12.5. The van der Waals surface area contributed by atoms with E-state index in [0.717, 1.165) is 55.5 Å². The van der Waals surface area contributed by atoms with Gasteiger partial charge in [0.05, 0.1) is 5.51 Å². The zero-order valence-corrected chi connectivity index (χ0v) is 15.5. The molecule has 2 N–H and O–H groups in total. The Hall–Kier alpha value is -2.26. The number of amides is 3. The summed E-state index contributed by atoms with van der Waals surface area (Å²) in [4.78, 5) is 28.3. The summed E-state index contributed by atoms with van der Waals surface area (Å²) in [6.45, 7) is 0. The average Bonchev–Trinajstić information content (AvgIpc) is 3.35. The maximum Gasteiger partial charge on any atom is 0.332 e. The molecule has 0 radical (unpaired) electrons. The molecule has 0 fully saturated rings. The van der Waals surface area contributed by atoms with Gasteiger partial charge in [0.15, 0.2) is 19.8 Å². The fourth-order valence-electron chi connectivity index (χ4n) is 4.08. The number of hydrogen-bond donors (Lipinski definition) is 2. The van der Waals surface area contributed by atoms with Gasteiger partial charge in [0.1, 0.15) is 0 Å². The first-order valence-corrected chi connectivity index (χ1v) is 10.9. The number of nitrogens with one attached hydrogen (secondary N) is 2. The standard InChI is InChI=1S/C17H16N4O3S2/c22-15-14-16(25-8-18-14)26(24,20-15)21-17(23)19-13-11-5-1-3-9(11)7-10-4-2-6-12(10)13/h7-8H,1-6H2,(H2,19,20,21,22,23,24). The van der Waals surface area contributed by atoms with Gasteiger partial charge in [0, 0.05) is 5.69 Å². The van der Waals surface area contributed by atoms with Crippen LogP contribution in [-0.4, -0.2) is 21.1 Å². The van der Waals surface area contributed by atoms with Crippen molar-refractivity contribution in [2.45, 2.75) is 42.7 Å². The summed E-state index contributed by atoms with van der Waals surface area (Å²) in [5.41, 5.74) is 7.35. The number of anilines is 1. The van der Waals surface area contributed by atoms with Crippen LogP contribution in [0, 0.1) is 0 Å². The molecule has 0 saturated carbocycles. The average molecular weight is 388 g/mol. The largest absolute Gasteiger partial charge is 0.332 e. The van der Waals surface area contributed by atoms with Crippen molar-refractivity contribution in [3.8, 4) is 0 Å². The molecule has 1 atom stereocenters. The zero-order valence-electron chi connectivity index (χ0n) is 13.8. The zero-order chi connectivity index (χ0) is 17.9. The minimum absolute atomic E-state index is 0.0711. The second kappa shape index (κ2) is 5.62. The highest BCUT2D eigenvalue weighted by atomic mass is 32.2. The molecule has 7 nitrogen and oxygen atoms in total. The van der Waals surface area contributed by atoms with Gasteiger partial charge in [-0.05, 0) is 60.8 Å². The van der Waals surface area contributed by atoms with E-state index in [9.17, 15) is 13.8 Å². The second-order valence-corrected chi connectivity index (χ2v) is 9.66. The summed E-state index contributed by atoms with van der Waals surface area (Å²) in [5.74, 6) is -0.645. The number of aromatic nitrogens is 1. The molecule has 9 heteroatoms. The van der Waals surface area contributed by atoms with Gasteiger partial charge in [-0.2, -0.15) is 0 Å².